The van der Waals surface area contributed by atoms with Crippen molar-refractivity contribution >= 4 is 28.8 Å². The van der Waals surface area contributed by atoms with Gasteiger partial charge in [-0.05, 0) is 48.6 Å². The molecule has 0 N–H and O–H groups in total. The second-order valence-electron chi connectivity index (χ2n) is 11.9. The first-order valence-corrected chi connectivity index (χ1v) is 17.2. The molecule has 7 nitrogen and oxygen atoms in total. The summed E-state index contributed by atoms with van der Waals surface area (Å²) in [5.41, 5.74) is 4.22. The first kappa shape index (κ1) is 33.6. The third kappa shape index (κ3) is 7.97. The lowest BCUT2D eigenvalue weighted by Gasteiger charge is -2.49. The predicted molar refractivity (Wildman–Crippen MR) is 184 cm³/mol. The first-order chi connectivity index (χ1) is 22.4. The summed E-state index contributed by atoms with van der Waals surface area (Å²) < 4.78 is 5.03. The van der Waals surface area contributed by atoms with Gasteiger partial charge in [-0.2, -0.15) is 0 Å². The van der Waals surface area contributed by atoms with E-state index in [1.807, 2.05) is 11.8 Å². The van der Waals surface area contributed by atoms with Gasteiger partial charge in [0.2, 0.25) is 5.91 Å². The molecule has 0 aromatic heterocycles. The summed E-state index contributed by atoms with van der Waals surface area (Å²) in [5, 5.41) is 0.172. The van der Waals surface area contributed by atoms with Crippen LogP contribution in [-0.2, 0) is 24.7 Å². The van der Waals surface area contributed by atoms with Gasteiger partial charge in [0.1, 0.15) is 0 Å². The zero-order valence-electron chi connectivity index (χ0n) is 27.0. The quantitative estimate of drug-likeness (QED) is 0.142. The van der Waals surface area contributed by atoms with E-state index < -0.39 is 5.54 Å². The van der Waals surface area contributed by atoms with Crippen molar-refractivity contribution in [3.63, 3.8) is 0 Å². The fourth-order valence-electron chi connectivity index (χ4n) is 6.81. The number of amides is 1. The van der Waals surface area contributed by atoms with Gasteiger partial charge in [-0.25, -0.2) is 0 Å². The average Bonchev–Trinajstić information content (AvgIpc) is 3.07. The van der Waals surface area contributed by atoms with Crippen molar-refractivity contribution in [2.45, 2.75) is 43.9 Å². The minimum Gasteiger partial charge on any atom is -0.466 e. The van der Waals surface area contributed by atoms with Crippen molar-refractivity contribution in [1.82, 2.24) is 14.7 Å². The molecule has 2 heterocycles. The van der Waals surface area contributed by atoms with Gasteiger partial charge in [-0.15, -0.1) is 0 Å². The van der Waals surface area contributed by atoms with Crippen LogP contribution in [-0.4, -0.2) is 89.4 Å². The van der Waals surface area contributed by atoms with Gasteiger partial charge in [0.05, 0.1) is 18.7 Å². The molecule has 0 spiro atoms. The number of piperidine rings is 1. The summed E-state index contributed by atoms with van der Waals surface area (Å²) in [6.07, 6.45) is 4.08. The highest BCUT2D eigenvalue weighted by Crippen LogP contribution is 2.45. The first-order valence-electron chi connectivity index (χ1n) is 16.3. The van der Waals surface area contributed by atoms with Crippen LogP contribution in [0, 0.1) is 0 Å². The Morgan fingerprint density at radius 3 is 1.98 bits per heavy atom. The van der Waals surface area contributed by atoms with Crippen LogP contribution >= 0.6 is 11.8 Å². The number of carbonyl (C=O) groups excluding carboxylic acids is 3. The Balaban J connectivity index is 1.40. The SMILES string of the molecule is CCOC(=O)CCCN1CCN(C/C=C2\CN(C(c3ccccc3)(c3ccccc3)c3ccccc3)CCC2SC(C)=O)C(=O)C1. The molecule has 8 heteroatoms. The zero-order valence-corrected chi connectivity index (χ0v) is 27.8. The van der Waals surface area contributed by atoms with Crippen LogP contribution in [0.4, 0.5) is 0 Å². The number of thioether (sulfide) groups is 1. The molecule has 2 fully saturated rings. The number of likely N-dealkylation sites (tertiary alicyclic amines) is 1. The summed E-state index contributed by atoms with van der Waals surface area (Å²) in [6.45, 7) is 8.30. The lowest BCUT2D eigenvalue weighted by atomic mass is 9.74. The molecule has 0 aliphatic carbocycles. The molecule has 1 amide bonds. The van der Waals surface area contributed by atoms with Crippen LogP contribution < -0.4 is 0 Å². The van der Waals surface area contributed by atoms with Crippen LogP contribution in [0.15, 0.2) is 103 Å². The van der Waals surface area contributed by atoms with Gasteiger partial charge in [-0.1, -0.05) is 109 Å². The Bertz CT molecular complexity index is 1380. The summed E-state index contributed by atoms with van der Waals surface area (Å²) in [7, 11) is 0. The van der Waals surface area contributed by atoms with Crippen molar-refractivity contribution in [3.05, 3.63) is 119 Å². The molecular formula is C38H45N3O4S. The smallest absolute Gasteiger partial charge is 0.305 e. The highest BCUT2D eigenvalue weighted by molar-refractivity contribution is 8.14. The largest absolute Gasteiger partial charge is 0.466 e. The highest BCUT2D eigenvalue weighted by Gasteiger charge is 2.44. The zero-order chi connectivity index (χ0) is 32.4. The number of ether oxygens (including phenoxy) is 1. The number of nitrogens with zero attached hydrogens (tertiary/aromatic N) is 3. The Kier molecular flexibility index (Phi) is 11.9. The van der Waals surface area contributed by atoms with Crippen LogP contribution in [0.25, 0.3) is 0 Å². The van der Waals surface area contributed by atoms with E-state index in [2.05, 4.69) is 107 Å². The number of rotatable bonds is 12. The van der Waals surface area contributed by atoms with Gasteiger partial charge < -0.3 is 9.64 Å². The van der Waals surface area contributed by atoms with E-state index in [1.165, 1.54) is 34.0 Å². The monoisotopic (exact) mass is 639 g/mol. The van der Waals surface area contributed by atoms with E-state index in [1.54, 1.807) is 6.92 Å². The van der Waals surface area contributed by atoms with E-state index in [0.717, 1.165) is 19.5 Å². The molecule has 0 bridgehead atoms. The van der Waals surface area contributed by atoms with Gasteiger partial charge in [0.15, 0.2) is 5.12 Å². The van der Waals surface area contributed by atoms with Crippen LogP contribution in [0.2, 0.25) is 0 Å². The van der Waals surface area contributed by atoms with Gasteiger partial charge >= 0.3 is 5.97 Å². The third-order valence-corrected chi connectivity index (χ3v) is 10.1. The van der Waals surface area contributed by atoms with Crippen molar-refractivity contribution in [2.24, 2.45) is 0 Å². The molecule has 242 valence electrons. The van der Waals surface area contributed by atoms with Crippen LogP contribution in [0.3, 0.4) is 0 Å². The highest BCUT2D eigenvalue weighted by atomic mass is 32.2. The third-order valence-electron chi connectivity index (χ3n) is 8.94. The second kappa shape index (κ2) is 16.2. The molecule has 2 aliphatic rings. The van der Waals surface area contributed by atoms with Crippen molar-refractivity contribution < 1.29 is 19.1 Å². The predicted octanol–water partition coefficient (Wildman–Crippen LogP) is 5.75. The molecule has 0 saturated carbocycles. The van der Waals surface area contributed by atoms with Crippen molar-refractivity contribution in [1.29, 1.82) is 0 Å². The van der Waals surface area contributed by atoms with E-state index in [-0.39, 0.29) is 22.2 Å². The molecule has 2 aliphatic heterocycles. The van der Waals surface area contributed by atoms with E-state index in [9.17, 15) is 14.4 Å². The lowest BCUT2D eigenvalue weighted by Crippen LogP contribution is -2.53. The maximum Gasteiger partial charge on any atom is 0.305 e. The number of esters is 1. The maximum absolute atomic E-state index is 13.2. The lowest BCUT2D eigenvalue weighted by molar-refractivity contribution is -0.143. The van der Waals surface area contributed by atoms with Gasteiger partial charge in [0, 0.05) is 51.3 Å². The molecule has 46 heavy (non-hydrogen) atoms. The maximum atomic E-state index is 13.2. The molecule has 3 aromatic rings. The summed E-state index contributed by atoms with van der Waals surface area (Å²) in [6, 6.07) is 32.1. The molecule has 0 radical (unpaired) electrons. The summed E-state index contributed by atoms with van der Waals surface area (Å²) in [4.78, 5) is 43.9. The second-order valence-corrected chi connectivity index (χ2v) is 13.3. The molecule has 5 rings (SSSR count). The van der Waals surface area contributed by atoms with Crippen molar-refractivity contribution in [3.8, 4) is 0 Å². The number of carbonyl (C=O) groups is 3. The minimum atomic E-state index is -0.542. The number of hydrogen-bond acceptors (Lipinski definition) is 7. The van der Waals surface area contributed by atoms with Gasteiger partial charge in [-0.3, -0.25) is 24.2 Å². The van der Waals surface area contributed by atoms with E-state index >= 15 is 0 Å². The van der Waals surface area contributed by atoms with Crippen LogP contribution in [0.5, 0.6) is 0 Å². The van der Waals surface area contributed by atoms with Crippen LogP contribution in [0.1, 0.15) is 49.8 Å². The molecular weight excluding hydrogens is 595 g/mol. The average molecular weight is 640 g/mol. The summed E-state index contributed by atoms with van der Waals surface area (Å²) >= 11 is 1.40. The number of benzene rings is 3. The number of hydrogen-bond donors (Lipinski definition) is 0. The topological polar surface area (TPSA) is 70.2 Å². The Morgan fingerprint density at radius 1 is 0.870 bits per heavy atom. The normalized spacial score (nSPS) is 18.9. The number of piperazine rings is 1. The molecule has 1 atom stereocenters. The Morgan fingerprint density at radius 2 is 1.46 bits per heavy atom. The fourth-order valence-corrected chi connectivity index (χ4v) is 7.76. The molecule has 1 unspecified atom stereocenters. The van der Waals surface area contributed by atoms with Gasteiger partial charge in [0.25, 0.3) is 0 Å². The Labute approximate surface area is 277 Å². The minimum absolute atomic E-state index is 0.0630. The fraction of sp³-hybridized carbons (Fsp3) is 0.395. The van der Waals surface area contributed by atoms with E-state index in [4.69, 9.17) is 4.74 Å². The van der Waals surface area contributed by atoms with E-state index in [0.29, 0.717) is 52.2 Å². The standard InChI is InChI=1S/C38H45N3O4S/c1-3-45-37(44)20-13-23-39-26-27-40(36(43)29-39)24-21-31-28-41(25-22-35(31)46-30(2)42)38(32-14-7-4-8-15-32,33-16-9-5-10-17-33)34-18-11-6-12-19-34/h4-12,14-19,21,35H,3,13,20,22-29H2,1-2H3/b31-21+. The Hall–Kier alpha value is -3.72. The molecule has 3 aromatic carbocycles. The molecule has 2 saturated heterocycles. The summed E-state index contributed by atoms with van der Waals surface area (Å²) in [5.74, 6) is -0.0933. The van der Waals surface area contributed by atoms with Crippen molar-refractivity contribution in [2.75, 3.05) is 52.4 Å².